The van der Waals surface area contributed by atoms with Gasteiger partial charge >= 0.3 is 0 Å². The monoisotopic (exact) mass is 307 g/mol. The Bertz CT molecular complexity index is 818. The molecule has 23 heavy (non-hydrogen) atoms. The van der Waals surface area contributed by atoms with Crippen LogP contribution in [-0.4, -0.2) is 10.8 Å². The summed E-state index contributed by atoms with van der Waals surface area (Å²) in [4.78, 5) is 22.3. The zero-order valence-corrected chi connectivity index (χ0v) is 12.3. The van der Waals surface area contributed by atoms with Gasteiger partial charge in [0.15, 0.2) is 0 Å². The minimum absolute atomic E-state index is 0.0509. The Balaban J connectivity index is 2.21. The van der Waals surface area contributed by atoms with E-state index in [4.69, 9.17) is 5.26 Å². The summed E-state index contributed by atoms with van der Waals surface area (Å²) in [5, 5.41) is 22.4. The molecule has 0 aromatic heterocycles. The van der Waals surface area contributed by atoms with Crippen molar-refractivity contribution in [2.24, 2.45) is 0 Å². The summed E-state index contributed by atoms with van der Waals surface area (Å²) < 4.78 is 0. The van der Waals surface area contributed by atoms with Crippen molar-refractivity contribution in [3.05, 3.63) is 75.3 Å². The topological polar surface area (TPSA) is 96.0 Å². The van der Waals surface area contributed by atoms with E-state index in [0.29, 0.717) is 11.3 Å². The van der Waals surface area contributed by atoms with Gasteiger partial charge in [0.05, 0.1) is 4.92 Å². The van der Waals surface area contributed by atoms with Gasteiger partial charge < -0.3 is 5.32 Å². The number of hydrogen-bond donors (Lipinski definition) is 1. The van der Waals surface area contributed by atoms with Crippen LogP contribution in [0.25, 0.3) is 6.08 Å². The van der Waals surface area contributed by atoms with Crippen LogP contribution in [0.15, 0.2) is 54.1 Å². The zero-order valence-electron chi connectivity index (χ0n) is 12.3. The molecule has 0 aliphatic rings. The van der Waals surface area contributed by atoms with Crippen LogP contribution in [0.2, 0.25) is 0 Å². The minimum Gasteiger partial charge on any atom is -0.321 e. The molecule has 0 unspecified atom stereocenters. The molecule has 6 nitrogen and oxygen atoms in total. The summed E-state index contributed by atoms with van der Waals surface area (Å²) in [5.41, 5.74) is 1.91. The summed E-state index contributed by atoms with van der Waals surface area (Å²) in [6, 6.07) is 14.7. The average molecular weight is 307 g/mol. The third-order valence-electron chi connectivity index (χ3n) is 3.17. The number of nitrogens with zero attached hydrogens (tertiary/aromatic N) is 2. The van der Waals surface area contributed by atoms with E-state index in [2.05, 4.69) is 5.32 Å². The number of hydrogen-bond acceptors (Lipinski definition) is 4. The van der Waals surface area contributed by atoms with Crippen molar-refractivity contribution in [3.8, 4) is 6.07 Å². The van der Waals surface area contributed by atoms with Crippen molar-refractivity contribution in [1.82, 2.24) is 0 Å². The Morgan fingerprint density at radius 3 is 2.43 bits per heavy atom. The predicted octanol–water partition coefficient (Wildman–Crippen LogP) is 3.45. The quantitative estimate of drug-likeness (QED) is 0.405. The second-order valence-electron chi connectivity index (χ2n) is 4.79. The molecule has 114 valence electrons. The number of anilines is 1. The van der Waals surface area contributed by atoms with Gasteiger partial charge in [0, 0.05) is 17.8 Å². The summed E-state index contributed by atoms with van der Waals surface area (Å²) in [5.74, 6) is -0.528. The van der Waals surface area contributed by atoms with E-state index in [0.717, 1.165) is 5.56 Å². The Hall–Kier alpha value is -3.46. The molecule has 0 aliphatic carbocycles. The maximum atomic E-state index is 12.2. The molecule has 0 heterocycles. The number of rotatable bonds is 4. The van der Waals surface area contributed by atoms with E-state index < -0.39 is 10.8 Å². The predicted molar refractivity (Wildman–Crippen MR) is 86.5 cm³/mol. The number of nitro groups is 1. The second-order valence-corrected chi connectivity index (χ2v) is 4.79. The van der Waals surface area contributed by atoms with Crippen molar-refractivity contribution in [2.45, 2.75) is 6.92 Å². The number of nitrogens with one attached hydrogen (secondary N) is 1. The van der Waals surface area contributed by atoms with Gasteiger partial charge in [-0.25, -0.2) is 0 Å². The molecule has 1 N–H and O–H groups in total. The van der Waals surface area contributed by atoms with Crippen molar-refractivity contribution in [2.75, 3.05) is 5.32 Å². The van der Waals surface area contributed by atoms with E-state index in [1.165, 1.54) is 30.3 Å². The molecule has 0 spiro atoms. The van der Waals surface area contributed by atoms with Gasteiger partial charge in [-0.2, -0.15) is 5.26 Å². The van der Waals surface area contributed by atoms with Gasteiger partial charge in [-0.3, -0.25) is 14.9 Å². The summed E-state index contributed by atoms with van der Waals surface area (Å²) in [6.45, 7) is 1.85. The molecule has 0 saturated heterocycles. The largest absolute Gasteiger partial charge is 0.321 e. The van der Waals surface area contributed by atoms with E-state index in [1.807, 2.05) is 25.1 Å². The molecule has 0 fully saturated rings. The third kappa shape index (κ3) is 4.02. The Morgan fingerprint density at radius 2 is 1.87 bits per heavy atom. The van der Waals surface area contributed by atoms with Gasteiger partial charge in [0.1, 0.15) is 11.6 Å². The fourth-order valence-corrected chi connectivity index (χ4v) is 1.91. The van der Waals surface area contributed by atoms with Crippen molar-refractivity contribution in [1.29, 1.82) is 5.26 Å². The van der Waals surface area contributed by atoms with Crippen LogP contribution in [-0.2, 0) is 4.79 Å². The van der Waals surface area contributed by atoms with Crippen molar-refractivity contribution >= 4 is 23.4 Å². The molecule has 6 heteroatoms. The van der Waals surface area contributed by atoms with Crippen LogP contribution in [0.4, 0.5) is 11.4 Å². The lowest BCUT2D eigenvalue weighted by atomic mass is 10.1. The highest BCUT2D eigenvalue weighted by Gasteiger charge is 2.11. The smallest absolute Gasteiger partial charge is 0.269 e. The second kappa shape index (κ2) is 7.00. The fraction of sp³-hybridized carbons (Fsp3) is 0.0588. The van der Waals surface area contributed by atoms with E-state index in [-0.39, 0.29) is 11.3 Å². The fourth-order valence-electron chi connectivity index (χ4n) is 1.91. The molecule has 2 aromatic rings. The number of carbonyl (C=O) groups is 1. The number of nitriles is 1. The van der Waals surface area contributed by atoms with Crippen LogP contribution in [0.5, 0.6) is 0 Å². The van der Waals surface area contributed by atoms with Crippen molar-refractivity contribution < 1.29 is 9.72 Å². The highest BCUT2D eigenvalue weighted by Crippen LogP contribution is 2.17. The molecule has 0 radical (unpaired) electrons. The standard InChI is InChI=1S/C17H13N3O3/c1-12-4-2-3-5-16(12)19-17(21)14(11-18)10-13-6-8-15(9-7-13)20(22)23/h2-10H,1H3,(H,19,21)/b14-10-. The van der Waals surface area contributed by atoms with Gasteiger partial charge in [0.25, 0.3) is 11.6 Å². The lowest BCUT2D eigenvalue weighted by Gasteiger charge is -2.07. The first-order chi connectivity index (χ1) is 11.0. The van der Waals surface area contributed by atoms with Gasteiger partial charge in [0.2, 0.25) is 0 Å². The van der Waals surface area contributed by atoms with Crippen molar-refractivity contribution in [3.63, 3.8) is 0 Å². The first-order valence-electron chi connectivity index (χ1n) is 6.74. The molecular formula is C17H13N3O3. The van der Waals surface area contributed by atoms with Gasteiger partial charge in [-0.1, -0.05) is 18.2 Å². The highest BCUT2D eigenvalue weighted by molar-refractivity contribution is 6.09. The number of aryl methyl sites for hydroxylation is 1. The molecule has 0 saturated carbocycles. The maximum absolute atomic E-state index is 12.2. The normalized spacial score (nSPS) is 10.7. The lowest BCUT2D eigenvalue weighted by molar-refractivity contribution is -0.384. The number of benzene rings is 2. The van der Waals surface area contributed by atoms with Gasteiger partial charge in [-0.15, -0.1) is 0 Å². The number of carbonyl (C=O) groups excluding carboxylic acids is 1. The van der Waals surface area contributed by atoms with Crippen LogP contribution in [0.3, 0.4) is 0 Å². The molecular weight excluding hydrogens is 294 g/mol. The molecule has 2 rings (SSSR count). The summed E-state index contributed by atoms with van der Waals surface area (Å²) >= 11 is 0. The van der Waals surface area contributed by atoms with E-state index in [9.17, 15) is 14.9 Å². The number of nitro benzene ring substituents is 1. The van der Waals surface area contributed by atoms with Crippen LogP contribution in [0, 0.1) is 28.4 Å². The average Bonchev–Trinajstić information content (AvgIpc) is 2.55. The SMILES string of the molecule is Cc1ccccc1NC(=O)/C(C#N)=C\c1ccc([N+](=O)[O-])cc1. The zero-order chi connectivity index (χ0) is 16.8. The minimum atomic E-state index is -0.528. The highest BCUT2D eigenvalue weighted by atomic mass is 16.6. The Kier molecular flexibility index (Phi) is 4.85. The van der Waals surface area contributed by atoms with Crippen LogP contribution < -0.4 is 5.32 Å². The number of para-hydroxylation sites is 1. The lowest BCUT2D eigenvalue weighted by Crippen LogP contribution is -2.14. The Labute approximate surface area is 132 Å². The first kappa shape index (κ1) is 15.9. The number of non-ortho nitro benzene ring substituents is 1. The molecule has 0 atom stereocenters. The molecule has 0 bridgehead atoms. The summed E-state index contributed by atoms with van der Waals surface area (Å²) in [7, 11) is 0. The van der Waals surface area contributed by atoms with Crippen LogP contribution in [0.1, 0.15) is 11.1 Å². The van der Waals surface area contributed by atoms with E-state index in [1.54, 1.807) is 12.1 Å². The molecule has 1 amide bonds. The Morgan fingerprint density at radius 1 is 1.22 bits per heavy atom. The molecule has 0 aliphatic heterocycles. The van der Waals surface area contributed by atoms with Gasteiger partial charge in [-0.05, 0) is 42.3 Å². The third-order valence-corrected chi connectivity index (χ3v) is 3.17. The number of amides is 1. The summed E-state index contributed by atoms with van der Waals surface area (Å²) in [6.07, 6.45) is 1.39. The maximum Gasteiger partial charge on any atom is 0.269 e. The first-order valence-corrected chi connectivity index (χ1v) is 6.74. The van der Waals surface area contributed by atoms with E-state index >= 15 is 0 Å². The van der Waals surface area contributed by atoms with Crippen LogP contribution >= 0.6 is 0 Å². The molecule has 2 aromatic carbocycles.